The molecule has 0 spiro atoms. The Morgan fingerprint density at radius 3 is 1.26 bits per heavy atom. The standard InChI is InChI=1S/C60H44S5/c1-33-7-18-40(19-8-33)59(41-20-9-34(2)10-21-41)47-31-46-48(30-45(47)56-54(59)44-26-17-39(29-51(44)63-56)49-27-15-37(5)61-49)60(42-22-11-35(3)12-23-42,43-24-13-36(4)14-25-43)55-57(46)65-53-32-52(64-58(53)55)50-28-16-38(6)62-50/h7-32H,1-6H3. The maximum atomic E-state index is 2.67. The summed E-state index contributed by atoms with van der Waals surface area (Å²) in [7, 11) is 0. The fourth-order valence-electron chi connectivity index (χ4n) is 11.1. The molecule has 13 rings (SSSR count). The number of hydrogen-bond acceptors (Lipinski definition) is 5. The zero-order valence-electron chi connectivity index (χ0n) is 37.1. The first-order chi connectivity index (χ1) is 31.6. The van der Waals surface area contributed by atoms with Crippen molar-refractivity contribution >= 4 is 76.2 Å². The van der Waals surface area contributed by atoms with Gasteiger partial charge in [-0.2, -0.15) is 0 Å². The van der Waals surface area contributed by atoms with Crippen molar-refractivity contribution in [2.45, 2.75) is 52.4 Å². The zero-order chi connectivity index (χ0) is 43.9. The Morgan fingerprint density at radius 1 is 0.338 bits per heavy atom. The van der Waals surface area contributed by atoms with Gasteiger partial charge in [-0.25, -0.2) is 0 Å². The molecule has 0 saturated heterocycles. The van der Waals surface area contributed by atoms with Gasteiger partial charge in [0.15, 0.2) is 0 Å². The van der Waals surface area contributed by atoms with Gasteiger partial charge >= 0.3 is 0 Å². The van der Waals surface area contributed by atoms with Crippen molar-refractivity contribution in [3.8, 4) is 41.1 Å². The molecule has 2 aliphatic carbocycles. The predicted molar refractivity (Wildman–Crippen MR) is 285 cm³/mol. The van der Waals surface area contributed by atoms with Gasteiger partial charge in [-0.15, -0.1) is 56.7 Å². The predicted octanol–water partition coefficient (Wildman–Crippen LogP) is 18.2. The molecule has 0 amide bonds. The highest BCUT2D eigenvalue weighted by molar-refractivity contribution is 7.32. The molecule has 5 aromatic heterocycles. The van der Waals surface area contributed by atoms with E-state index in [-0.39, 0.29) is 0 Å². The third kappa shape index (κ3) is 5.63. The molecular formula is C60H44S5. The lowest BCUT2D eigenvalue weighted by molar-refractivity contribution is 0.766. The molecular weight excluding hydrogens is 881 g/mol. The molecule has 6 aromatic carbocycles. The fourth-order valence-corrected chi connectivity index (χ4v) is 17.0. The average molecular weight is 925 g/mol. The second-order valence-corrected chi connectivity index (χ2v) is 24.1. The summed E-state index contributed by atoms with van der Waals surface area (Å²) < 4.78 is 4.12. The lowest BCUT2D eigenvalue weighted by atomic mass is 9.65. The van der Waals surface area contributed by atoms with E-state index in [1.807, 2.05) is 56.7 Å². The van der Waals surface area contributed by atoms with E-state index in [0.717, 1.165) is 0 Å². The largest absolute Gasteiger partial charge is 0.141 e. The van der Waals surface area contributed by atoms with E-state index in [9.17, 15) is 0 Å². The number of benzene rings is 6. The summed E-state index contributed by atoms with van der Waals surface area (Å²) in [6.45, 7) is 13.3. The van der Waals surface area contributed by atoms with Crippen molar-refractivity contribution in [3.63, 3.8) is 0 Å². The number of aryl methyl sites for hydroxylation is 6. The molecule has 0 unspecified atom stereocenters. The zero-order valence-corrected chi connectivity index (χ0v) is 41.1. The van der Waals surface area contributed by atoms with Gasteiger partial charge in [0.1, 0.15) is 0 Å². The van der Waals surface area contributed by atoms with Crippen LogP contribution in [0.5, 0.6) is 0 Å². The Kier molecular flexibility index (Phi) is 8.80. The second kappa shape index (κ2) is 14.4. The van der Waals surface area contributed by atoms with Gasteiger partial charge in [-0.05, 0) is 151 Å². The van der Waals surface area contributed by atoms with Crippen LogP contribution in [0, 0.1) is 41.5 Å². The lowest BCUT2D eigenvalue weighted by Crippen LogP contribution is -2.30. The van der Waals surface area contributed by atoms with Crippen molar-refractivity contribution in [1.82, 2.24) is 0 Å². The van der Waals surface area contributed by atoms with Crippen molar-refractivity contribution < 1.29 is 0 Å². The van der Waals surface area contributed by atoms with Gasteiger partial charge in [-0.1, -0.05) is 131 Å². The monoisotopic (exact) mass is 924 g/mol. The van der Waals surface area contributed by atoms with Crippen LogP contribution >= 0.6 is 56.7 Å². The van der Waals surface area contributed by atoms with E-state index < -0.39 is 10.8 Å². The van der Waals surface area contributed by atoms with Gasteiger partial charge in [-0.3, -0.25) is 0 Å². The molecule has 5 heterocycles. The summed E-state index contributed by atoms with van der Waals surface area (Å²) in [6, 6.07) is 62.1. The SMILES string of the molecule is Cc1ccc(C2(c3ccc(C)cc3)c3cc4c(cc3-c3sc5cc(-c6ccc(C)s6)ccc5c32)C(c2ccc(C)cc2)(c2ccc(C)cc2)c2c-4sc3cc(-c4ccc(C)s4)sc23)cc1. The first-order valence-electron chi connectivity index (χ1n) is 22.4. The maximum absolute atomic E-state index is 2.67. The molecule has 0 N–H and O–H groups in total. The quantitative estimate of drug-likeness (QED) is 0.156. The van der Waals surface area contributed by atoms with Crippen LogP contribution in [0.1, 0.15) is 76.5 Å². The Labute approximate surface area is 400 Å². The molecule has 11 aromatic rings. The molecule has 2 aliphatic rings. The van der Waals surface area contributed by atoms with Crippen LogP contribution in [-0.4, -0.2) is 0 Å². The highest BCUT2D eigenvalue weighted by atomic mass is 32.1. The van der Waals surface area contributed by atoms with Crippen LogP contribution in [0.4, 0.5) is 0 Å². The minimum Gasteiger partial charge on any atom is -0.141 e. The van der Waals surface area contributed by atoms with Gasteiger partial charge in [0.05, 0.1) is 15.5 Å². The summed E-state index contributed by atoms with van der Waals surface area (Å²) in [6.07, 6.45) is 0. The van der Waals surface area contributed by atoms with E-state index in [4.69, 9.17) is 0 Å². The average Bonchev–Trinajstić information content (AvgIpc) is 4.18. The van der Waals surface area contributed by atoms with Gasteiger partial charge < -0.3 is 0 Å². The van der Waals surface area contributed by atoms with Crippen LogP contribution in [0.15, 0.2) is 158 Å². The summed E-state index contributed by atoms with van der Waals surface area (Å²) in [5.74, 6) is 0. The number of thiophene rings is 5. The third-order valence-electron chi connectivity index (χ3n) is 14.2. The Morgan fingerprint density at radius 2 is 0.785 bits per heavy atom. The third-order valence-corrected chi connectivity index (χ3v) is 20.1. The summed E-state index contributed by atoms with van der Waals surface area (Å²) in [5, 5.41) is 1.34. The Balaban J connectivity index is 1.18. The fraction of sp³-hybridized carbons (Fsp3) is 0.133. The molecule has 0 nitrogen and oxygen atoms in total. The van der Waals surface area contributed by atoms with Gasteiger partial charge in [0.25, 0.3) is 0 Å². The second-order valence-electron chi connectivity index (χ2n) is 18.4. The van der Waals surface area contributed by atoms with E-state index >= 15 is 0 Å². The number of fused-ring (bicyclic) bond motifs is 10. The molecule has 65 heavy (non-hydrogen) atoms. The molecule has 0 aliphatic heterocycles. The smallest absolute Gasteiger partial charge is 0.0736 e. The topological polar surface area (TPSA) is 0 Å². The Hall–Kier alpha value is -5.66. The van der Waals surface area contributed by atoms with Crippen molar-refractivity contribution in [2.24, 2.45) is 0 Å². The highest BCUT2D eigenvalue weighted by Gasteiger charge is 2.54. The van der Waals surface area contributed by atoms with E-state index in [1.165, 1.54) is 137 Å². The first kappa shape index (κ1) is 39.7. The van der Waals surface area contributed by atoms with Gasteiger partial charge in [0.2, 0.25) is 0 Å². The molecule has 0 fully saturated rings. The van der Waals surface area contributed by atoms with E-state index in [1.54, 1.807) is 0 Å². The van der Waals surface area contributed by atoms with Crippen molar-refractivity contribution in [1.29, 1.82) is 0 Å². The van der Waals surface area contributed by atoms with Crippen molar-refractivity contribution in [3.05, 3.63) is 234 Å². The lowest BCUT2D eigenvalue weighted by Gasteiger charge is -2.36. The number of rotatable bonds is 6. The highest BCUT2D eigenvalue weighted by Crippen LogP contribution is 2.67. The van der Waals surface area contributed by atoms with Crippen molar-refractivity contribution in [2.75, 3.05) is 0 Å². The summed E-state index contributed by atoms with van der Waals surface area (Å²) >= 11 is 9.75. The normalized spacial score (nSPS) is 14.2. The van der Waals surface area contributed by atoms with Crippen LogP contribution in [0.2, 0.25) is 0 Å². The Bertz CT molecular complexity index is 3600. The van der Waals surface area contributed by atoms with Crippen LogP contribution in [-0.2, 0) is 10.8 Å². The molecule has 0 atom stereocenters. The maximum Gasteiger partial charge on any atom is 0.0736 e. The molecule has 0 bridgehead atoms. The number of hydrogen-bond donors (Lipinski definition) is 0. The van der Waals surface area contributed by atoms with Gasteiger partial charge in [0, 0.05) is 49.1 Å². The molecule has 0 radical (unpaired) electrons. The molecule has 314 valence electrons. The van der Waals surface area contributed by atoms with Crippen LogP contribution in [0.25, 0.3) is 60.6 Å². The van der Waals surface area contributed by atoms with E-state index in [0.29, 0.717) is 0 Å². The summed E-state index contributed by atoms with van der Waals surface area (Å²) in [4.78, 5) is 9.50. The first-order valence-corrected chi connectivity index (χ1v) is 26.5. The summed E-state index contributed by atoms with van der Waals surface area (Å²) in [5.41, 5.74) is 18.9. The molecule has 0 saturated carbocycles. The molecule has 5 heteroatoms. The van der Waals surface area contributed by atoms with E-state index in [2.05, 4.69) is 199 Å². The minimum absolute atomic E-state index is 0.535. The van der Waals surface area contributed by atoms with Crippen LogP contribution in [0.3, 0.4) is 0 Å². The van der Waals surface area contributed by atoms with Crippen LogP contribution < -0.4 is 0 Å². The minimum atomic E-state index is -0.543.